The maximum Gasteiger partial charge on any atom is 0.298 e. The molecule has 0 radical (unpaired) electrons. The van der Waals surface area contributed by atoms with E-state index in [-0.39, 0.29) is 17.7 Å². The molecule has 4 rings (SSSR count). The predicted molar refractivity (Wildman–Crippen MR) is 115 cm³/mol. The number of hydrogen-bond donors (Lipinski definition) is 2. The third kappa shape index (κ3) is 4.92. The molecular formula is C22H31N5O3. The van der Waals surface area contributed by atoms with Gasteiger partial charge in [0.05, 0.1) is 5.92 Å². The van der Waals surface area contributed by atoms with Gasteiger partial charge in [-0.1, -0.05) is 12.1 Å². The van der Waals surface area contributed by atoms with Crippen molar-refractivity contribution < 1.29 is 14.0 Å². The van der Waals surface area contributed by atoms with E-state index in [1.54, 1.807) is 0 Å². The molecule has 1 aromatic heterocycles. The third-order valence-corrected chi connectivity index (χ3v) is 6.16. The second-order valence-electron chi connectivity index (χ2n) is 8.29. The van der Waals surface area contributed by atoms with Crippen molar-refractivity contribution in [1.29, 1.82) is 0 Å². The Hall–Kier alpha value is -2.61. The summed E-state index contributed by atoms with van der Waals surface area (Å²) >= 11 is 0. The summed E-state index contributed by atoms with van der Waals surface area (Å²) in [7, 11) is 0. The van der Waals surface area contributed by atoms with Gasteiger partial charge >= 0.3 is 0 Å². The average Bonchev–Trinajstić information content (AvgIpc) is 3.21. The number of nitrogens with zero attached hydrogens (tertiary/aromatic N) is 3. The third-order valence-electron chi connectivity index (χ3n) is 6.16. The van der Waals surface area contributed by atoms with Crippen LogP contribution in [0.1, 0.15) is 32.6 Å². The molecule has 2 fully saturated rings. The molecule has 162 valence electrons. The molecule has 2 aliphatic heterocycles. The van der Waals surface area contributed by atoms with E-state index in [4.69, 9.17) is 4.42 Å². The molecule has 2 saturated heterocycles. The second-order valence-corrected chi connectivity index (χ2v) is 8.29. The molecule has 0 aliphatic carbocycles. The summed E-state index contributed by atoms with van der Waals surface area (Å²) in [6, 6.07) is 9.08. The van der Waals surface area contributed by atoms with Gasteiger partial charge in [-0.05, 0) is 44.4 Å². The SMILES string of the molecule is CC(=O)NCCNC(=O)[C@H]1CCCN(C2CCN(c3nc4ccccc4o3)CC2)C1. The Kier molecular flexibility index (Phi) is 6.52. The lowest BCUT2D eigenvalue weighted by molar-refractivity contribution is -0.127. The number of anilines is 1. The van der Waals surface area contributed by atoms with Gasteiger partial charge in [0.1, 0.15) is 5.52 Å². The minimum atomic E-state index is -0.0720. The van der Waals surface area contributed by atoms with E-state index in [1.807, 2.05) is 24.3 Å². The van der Waals surface area contributed by atoms with Crippen LogP contribution in [0.2, 0.25) is 0 Å². The minimum Gasteiger partial charge on any atom is -0.423 e. The first-order valence-electron chi connectivity index (χ1n) is 11.0. The molecule has 3 heterocycles. The Balaban J connectivity index is 1.26. The largest absolute Gasteiger partial charge is 0.423 e. The molecule has 2 N–H and O–H groups in total. The zero-order chi connectivity index (χ0) is 20.9. The minimum absolute atomic E-state index is 0.0335. The first kappa shape index (κ1) is 20.7. The highest BCUT2D eigenvalue weighted by Crippen LogP contribution is 2.28. The summed E-state index contributed by atoms with van der Waals surface area (Å²) in [6.45, 7) is 6.16. The van der Waals surface area contributed by atoms with Crippen molar-refractivity contribution >= 4 is 28.9 Å². The van der Waals surface area contributed by atoms with Crippen LogP contribution in [0.25, 0.3) is 11.1 Å². The predicted octanol–water partition coefficient (Wildman–Crippen LogP) is 1.76. The summed E-state index contributed by atoms with van der Waals surface area (Å²) in [6.07, 6.45) is 4.09. The van der Waals surface area contributed by atoms with Crippen LogP contribution >= 0.6 is 0 Å². The number of amides is 2. The number of fused-ring (bicyclic) bond motifs is 1. The number of nitrogens with one attached hydrogen (secondary N) is 2. The van der Waals surface area contributed by atoms with Crippen molar-refractivity contribution in [2.45, 2.75) is 38.6 Å². The number of carbonyl (C=O) groups excluding carboxylic acids is 2. The molecule has 0 spiro atoms. The molecule has 8 heteroatoms. The Morgan fingerprint density at radius 1 is 1.10 bits per heavy atom. The van der Waals surface area contributed by atoms with Crippen LogP contribution in [0.15, 0.2) is 28.7 Å². The van der Waals surface area contributed by atoms with E-state index in [1.165, 1.54) is 6.92 Å². The Morgan fingerprint density at radius 2 is 1.87 bits per heavy atom. The lowest BCUT2D eigenvalue weighted by atomic mass is 9.93. The number of oxazole rings is 1. The molecule has 2 aromatic rings. The highest BCUT2D eigenvalue weighted by Gasteiger charge is 2.32. The van der Waals surface area contributed by atoms with E-state index < -0.39 is 0 Å². The molecule has 1 atom stereocenters. The van der Waals surface area contributed by atoms with Crippen molar-refractivity contribution in [3.8, 4) is 0 Å². The van der Waals surface area contributed by atoms with Crippen LogP contribution in [-0.2, 0) is 9.59 Å². The molecule has 2 aliphatic rings. The van der Waals surface area contributed by atoms with Gasteiger partial charge in [-0.15, -0.1) is 0 Å². The smallest absolute Gasteiger partial charge is 0.298 e. The summed E-state index contributed by atoms with van der Waals surface area (Å²) in [5.74, 6) is 0.0670. The van der Waals surface area contributed by atoms with E-state index in [2.05, 4.69) is 25.4 Å². The summed E-state index contributed by atoms with van der Waals surface area (Å²) in [5, 5.41) is 5.67. The molecular weight excluding hydrogens is 382 g/mol. The molecule has 30 heavy (non-hydrogen) atoms. The van der Waals surface area contributed by atoms with Crippen molar-refractivity contribution in [2.24, 2.45) is 5.92 Å². The Morgan fingerprint density at radius 3 is 2.63 bits per heavy atom. The monoisotopic (exact) mass is 413 g/mol. The highest BCUT2D eigenvalue weighted by atomic mass is 16.4. The summed E-state index contributed by atoms with van der Waals surface area (Å²) in [5.41, 5.74) is 1.73. The zero-order valence-electron chi connectivity index (χ0n) is 17.6. The molecule has 1 aromatic carbocycles. The molecule has 0 unspecified atom stereocenters. The highest BCUT2D eigenvalue weighted by molar-refractivity contribution is 5.79. The molecule has 2 amide bonds. The second kappa shape index (κ2) is 9.47. The van der Waals surface area contributed by atoms with Gasteiger partial charge in [0, 0.05) is 45.7 Å². The lowest BCUT2D eigenvalue weighted by Gasteiger charge is -2.41. The lowest BCUT2D eigenvalue weighted by Crippen LogP contribution is -2.51. The number of para-hydroxylation sites is 2. The molecule has 0 saturated carbocycles. The first-order valence-corrected chi connectivity index (χ1v) is 11.0. The Labute approximate surface area is 177 Å². The molecule has 8 nitrogen and oxygen atoms in total. The first-order chi connectivity index (χ1) is 14.6. The van der Waals surface area contributed by atoms with Crippen LogP contribution in [0.5, 0.6) is 0 Å². The Bertz CT molecular complexity index is 842. The van der Waals surface area contributed by atoms with Gasteiger partial charge in [-0.25, -0.2) is 0 Å². The van der Waals surface area contributed by atoms with Crippen molar-refractivity contribution in [3.05, 3.63) is 24.3 Å². The van der Waals surface area contributed by atoms with Gasteiger partial charge in [-0.2, -0.15) is 4.98 Å². The number of likely N-dealkylation sites (tertiary alicyclic amines) is 1. The van der Waals surface area contributed by atoms with Gasteiger partial charge in [0.15, 0.2) is 5.58 Å². The van der Waals surface area contributed by atoms with Gasteiger partial charge in [-0.3, -0.25) is 14.5 Å². The van der Waals surface area contributed by atoms with Crippen molar-refractivity contribution in [2.75, 3.05) is 44.2 Å². The fourth-order valence-electron chi connectivity index (χ4n) is 4.54. The van der Waals surface area contributed by atoms with Crippen LogP contribution in [0, 0.1) is 5.92 Å². The molecule has 0 bridgehead atoms. The number of aromatic nitrogens is 1. The summed E-state index contributed by atoms with van der Waals surface area (Å²) in [4.78, 5) is 32.8. The van der Waals surface area contributed by atoms with Gasteiger partial charge in [0.25, 0.3) is 6.01 Å². The number of rotatable bonds is 6. The number of piperidine rings is 2. The maximum absolute atomic E-state index is 12.5. The number of carbonyl (C=O) groups is 2. The van der Waals surface area contributed by atoms with Gasteiger partial charge < -0.3 is 20.0 Å². The number of benzene rings is 1. The van der Waals surface area contributed by atoms with E-state index in [0.717, 1.165) is 63.0 Å². The summed E-state index contributed by atoms with van der Waals surface area (Å²) < 4.78 is 5.92. The standard InChI is InChI=1S/C22H31N5O3/c1-16(28)23-10-11-24-21(29)17-5-4-12-27(15-17)18-8-13-26(14-9-18)22-25-19-6-2-3-7-20(19)30-22/h2-3,6-7,17-18H,4-5,8-15H2,1H3,(H,23,28)(H,24,29)/t17-/m0/s1. The number of hydrogen-bond acceptors (Lipinski definition) is 6. The van der Waals surface area contributed by atoms with Crippen molar-refractivity contribution in [1.82, 2.24) is 20.5 Å². The van der Waals surface area contributed by atoms with E-state index >= 15 is 0 Å². The van der Waals surface area contributed by atoms with Crippen molar-refractivity contribution in [3.63, 3.8) is 0 Å². The topological polar surface area (TPSA) is 90.7 Å². The zero-order valence-corrected chi connectivity index (χ0v) is 17.6. The maximum atomic E-state index is 12.5. The van der Waals surface area contributed by atoms with E-state index in [9.17, 15) is 9.59 Å². The van der Waals surface area contributed by atoms with Crippen LogP contribution in [0.4, 0.5) is 6.01 Å². The van der Waals surface area contributed by atoms with Crippen LogP contribution in [-0.4, -0.2) is 67.0 Å². The fourth-order valence-corrected chi connectivity index (χ4v) is 4.54. The average molecular weight is 414 g/mol. The normalized spacial score (nSPS) is 21.0. The quantitative estimate of drug-likeness (QED) is 0.702. The van der Waals surface area contributed by atoms with E-state index in [0.29, 0.717) is 25.1 Å². The van der Waals surface area contributed by atoms with Crippen LogP contribution in [0.3, 0.4) is 0 Å². The fraction of sp³-hybridized carbons (Fsp3) is 0.591. The van der Waals surface area contributed by atoms with Crippen LogP contribution < -0.4 is 15.5 Å². The van der Waals surface area contributed by atoms with Gasteiger partial charge in [0.2, 0.25) is 11.8 Å².